The minimum absolute atomic E-state index is 0.00489. The number of hydrogen-bond acceptors (Lipinski definition) is 4. The first-order valence-corrected chi connectivity index (χ1v) is 8.44. The quantitative estimate of drug-likeness (QED) is 0.639. The SMILES string of the molecule is O=C(Nc1ccc(Cl)c([N+](=O)[O-])c1)c1cccc(CN2CCCC2=O)c1. The summed E-state index contributed by atoms with van der Waals surface area (Å²) in [5, 5.41) is 13.6. The van der Waals surface area contributed by atoms with Crippen molar-refractivity contribution in [2.45, 2.75) is 19.4 Å². The lowest BCUT2D eigenvalue weighted by Crippen LogP contribution is -2.24. The summed E-state index contributed by atoms with van der Waals surface area (Å²) in [5.41, 5.74) is 1.28. The molecule has 0 bridgehead atoms. The zero-order chi connectivity index (χ0) is 18.7. The van der Waals surface area contributed by atoms with Crippen LogP contribution in [-0.4, -0.2) is 28.2 Å². The zero-order valence-corrected chi connectivity index (χ0v) is 14.5. The number of carbonyl (C=O) groups excluding carboxylic acids is 2. The van der Waals surface area contributed by atoms with Gasteiger partial charge in [0, 0.05) is 36.8 Å². The van der Waals surface area contributed by atoms with Crippen molar-refractivity contribution in [3.05, 3.63) is 68.7 Å². The lowest BCUT2D eigenvalue weighted by Gasteiger charge is -2.16. The summed E-state index contributed by atoms with van der Waals surface area (Å²) >= 11 is 5.77. The number of benzene rings is 2. The van der Waals surface area contributed by atoms with E-state index in [0.717, 1.165) is 18.5 Å². The molecule has 0 atom stereocenters. The van der Waals surface area contributed by atoms with Crippen molar-refractivity contribution in [1.82, 2.24) is 4.90 Å². The Kier molecular flexibility index (Phi) is 5.18. The normalized spacial score (nSPS) is 13.7. The molecule has 2 aromatic carbocycles. The summed E-state index contributed by atoms with van der Waals surface area (Å²) in [6.45, 7) is 1.19. The molecule has 0 spiro atoms. The van der Waals surface area contributed by atoms with E-state index in [1.54, 1.807) is 23.1 Å². The largest absolute Gasteiger partial charge is 0.338 e. The number of rotatable bonds is 5. The number of likely N-dealkylation sites (tertiary alicyclic amines) is 1. The number of carbonyl (C=O) groups is 2. The van der Waals surface area contributed by atoms with Crippen LogP contribution in [0.1, 0.15) is 28.8 Å². The van der Waals surface area contributed by atoms with Gasteiger partial charge < -0.3 is 10.2 Å². The van der Waals surface area contributed by atoms with Crippen LogP contribution in [0.3, 0.4) is 0 Å². The molecular weight excluding hydrogens is 358 g/mol. The molecule has 1 saturated heterocycles. The summed E-state index contributed by atoms with van der Waals surface area (Å²) in [6, 6.07) is 11.0. The maximum absolute atomic E-state index is 12.4. The van der Waals surface area contributed by atoms with E-state index < -0.39 is 10.8 Å². The van der Waals surface area contributed by atoms with Gasteiger partial charge in [-0.3, -0.25) is 19.7 Å². The summed E-state index contributed by atoms with van der Waals surface area (Å²) in [4.78, 5) is 36.3. The van der Waals surface area contributed by atoms with Gasteiger partial charge in [-0.15, -0.1) is 0 Å². The maximum atomic E-state index is 12.4. The maximum Gasteiger partial charge on any atom is 0.289 e. The van der Waals surface area contributed by atoms with Gasteiger partial charge in [-0.25, -0.2) is 0 Å². The van der Waals surface area contributed by atoms with Gasteiger partial charge in [0.25, 0.3) is 11.6 Å². The van der Waals surface area contributed by atoms with Crippen molar-refractivity contribution in [2.75, 3.05) is 11.9 Å². The average molecular weight is 374 g/mol. The molecule has 0 aliphatic carbocycles. The number of nitro benzene ring substituents is 1. The van der Waals surface area contributed by atoms with Gasteiger partial charge in [0.1, 0.15) is 5.02 Å². The standard InChI is InChI=1S/C18H16ClN3O4/c19-15-7-6-14(10-16(15)22(25)26)20-18(24)13-4-1-3-12(9-13)11-21-8-2-5-17(21)23/h1,3-4,6-7,9-10H,2,5,8,11H2,(H,20,24). The third kappa shape index (κ3) is 4.00. The zero-order valence-electron chi connectivity index (χ0n) is 13.8. The van der Waals surface area contributed by atoms with E-state index in [0.29, 0.717) is 18.5 Å². The fourth-order valence-electron chi connectivity index (χ4n) is 2.84. The van der Waals surface area contributed by atoms with E-state index in [-0.39, 0.29) is 22.3 Å². The Morgan fingerprint density at radius 3 is 2.77 bits per heavy atom. The van der Waals surface area contributed by atoms with Crippen LogP contribution in [-0.2, 0) is 11.3 Å². The van der Waals surface area contributed by atoms with Crippen molar-refractivity contribution in [1.29, 1.82) is 0 Å². The minimum atomic E-state index is -0.605. The third-order valence-electron chi connectivity index (χ3n) is 4.13. The number of hydrogen-bond donors (Lipinski definition) is 1. The van der Waals surface area contributed by atoms with Gasteiger partial charge in [0.05, 0.1) is 4.92 Å². The van der Waals surface area contributed by atoms with Crippen LogP contribution in [0, 0.1) is 10.1 Å². The first-order chi connectivity index (χ1) is 12.4. The Morgan fingerprint density at radius 2 is 2.08 bits per heavy atom. The number of anilines is 1. The molecular formula is C18H16ClN3O4. The first kappa shape index (κ1) is 17.9. The summed E-state index contributed by atoms with van der Waals surface area (Å²) in [6.07, 6.45) is 1.42. The van der Waals surface area contributed by atoms with E-state index in [1.165, 1.54) is 18.2 Å². The van der Waals surface area contributed by atoms with Crippen molar-refractivity contribution >= 4 is 34.8 Å². The van der Waals surface area contributed by atoms with Gasteiger partial charge in [0.15, 0.2) is 0 Å². The summed E-state index contributed by atoms with van der Waals surface area (Å²) in [7, 11) is 0. The Bertz CT molecular complexity index is 884. The van der Waals surface area contributed by atoms with Crippen LogP contribution in [0.15, 0.2) is 42.5 Å². The Hall–Kier alpha value is -2.93. The van der Waals surface area contributed by atoms with E-state index in [9.17, 15) is 19.7 Å². The van der Waals surface area contributed by atoms with Crippen LogP contribution < -0.4 is 5.32 Å². The molecule has 1 aliphatic heterocycles. The number of amides is 2. The second-order valence-corrected chi connectivity index (χ2v) is 6.40. The molecule has 1 N–H and O–H groups in total. The van der Waals surface area contributed by atoms with E-state index in [4.69, 9.17) is 11.6 Å². The predicted molar refractivity (Wildman–Crippen MR) is 97.2 cm³/mol. The minimum Gasteiger partial charge on any atom is -0.338 e. The van der Waals surface area contributed by atoms with Gasteiger partial charge in [-0.05, 0) is 36.2 Å². The highest BCUT2D eigenvalue weighted by Crippen LogP contribution is 2.27. The molecule has 1 fully saturated rings. The molecule has 2 amide bonds. The molecule has 2 aromatic rings. The van der Waals surface area contributed by atoms with E-state index in [2.05, 4.69) is 5.32 Å². The molecule has 134 valence electrons. The summed E-state index contributed by atoms with van der Waals surface area (Å²) in [5.74, 6) is -0.274. The highest BCUT2D eigenvalue weighted by Gasteiger charge is 2.20. The Labute approximate surface area is 154 Å². The Balaban J connectivity index is 1.74. The highest BCUT2D eigenvalue weighted by molar-refractivity contribution is 6.32. The van der Waals surface area contributed by atoms with Crippen LogP contribution >= 0.6 is 11.6 Å². The first-order valence-electron chi connectivity index (χ1n) is 8.06. The molecule has 1 heterocycles. The topological polar surface area (TPSA) is 92.5 Å². The fraction of sp³-hybridized carbons (Fsp3) is 0.222. The molecule has 3 rings (SSSR count). The Morgan fingerprint density at radius 1 is 1.27 bits per heavy atom. The molecule has 26 heavy (non-hydrogen) atoms. The lowest BCUT2D eigenvalue weighted by atomic mass is 10.1. The van der Waals surface area contributed by atoms with Crippen LogP contribution in [0.2, 0.25) is 5.02 Å². The highest BCUT2D eigenvalue weighted by atomic mass is 35.5. The van der Waals surface area contributed by atoms with Crippen molar-refractivity contribution in [3.63, 3.8) is 0 Å². The molecule has 0 unspecified atom stereocenters. The second kappa shape index (κ2) is 7.53. The molecule has 1 aliphatic rings. The second-order valence-electron chi connectivity index (χ2n) is 6.00. The number of nitrogens with one attached hydrogen (secondary N) is 1. The molecule has 0 radical (unpaired) electrons. The van der Waals surface area contributed by atoms with Gasteiger partial charge in [0.2, 0.25) is 5.91 Å². The van der Waals surface area contributed by atoms with Crippen molar-refractivity contribution in [2.24, 2.45) is 0 Å². The molecule has 7 nitrogen and oxygen atoms in total. The molecule has 8 heteroatoms. The lowest BCUT2D eigenvalue weighted by molar-refractivity contribution is -0.384. The van der Waals surface area contributed by atoms with Crippen molar-refractivity contribution in [3.8, 4) is 0 Å². The number of nitrogens with zero attached hydrogens (tertiary/aromatic N) is 2. The van der Waals surface area contributed by atoms with Gasteiger partial charge in [-0.2, -0.15) is 0 Å². The van der Waals surface area contributed by atoms with Gasteiger partial charge in [-0.1, -0.05) is 23.7 Å². The number of halogens is 1. The molecule has 0 aromatic heterocycles. The molecule has 0 saturated carbocycles. The predicted octanol–water partition coefficient (Wildman–Crippen LogP) is 3.62. The van der Waals surface area contributed by atoms with Gasteiger partial charge >= 0.3 is 0 Å². The summed E-state index contributed by atoms with van der Waals surface area (Å²) < 4.78 is 0. The van der Waals surface area contributed by atoms with E-state index >= 15 is 0 Å². The monoisotopic (exact) mass is 373 g/mol. The third-order valence-corrected chi connectivity index (χ3v) is 4.45. The average Bonchev–Trinajstić information content (AvgIpc) is 3.01. The van der Waals surface area contributed by atoms with Crippen LogP contribution in [0.25, 0.3) is 0 Å². The fourth-order valence-corrected chi connectivity index (χ4v) is 3.02. The number of nitro groups is 1. The smallest absolute Gasteiger partial charge is 0.289 e. The van der Waals surface area contributed by atoms with E-state index in [1.807, 2.05) is 6.07 Å². The van der Waals surface area contributed by atoms with Crippen LogP contribution in [0.5, 0.6) is 0 Å². The van der Waals surface area contributed by atoms with Crippen LogP contribution in [0.4, 0.5) is 11.4 Å². The van der Waals surface area contributed by atoms with Crippen molar-refractivity contribution < 1.29 is 14.5 Å².